The Morgan fingerprint density at radius 2 is 1.77 bits per heavy atom. The van der Waals surface area contributed by atoms with Crippen LogP contribution in [-0.2, 0) is 0 Å². The molecule has 2 heterocycles. The van der Waals surface area contributed by atoms with Crippen molar-refractivity contribution in [3.8, 4) is 23.7 Å². The predicted octanol–water partition coefficient (Wildman–Crippen LogP) is 2.29. The number of likely N-dealkylation sites (N-methyl/N-ethyl adjacent to an activating group) is 1. The predicted molar refractivity (Wildman–Crippen MR) is 137 cm³/mol. The third-order valence-electron chi connectivity index (χ3n) is 5.31. The highest BCUT2D eigenvalue weighted by atomic mass is 16.3. The Labute approximate surface area is 206 Å². The molecule has 3 aromatic rings. The van der Waals surface area contributed by atoms with Crippen molar-refractivity contribution >= 4 is 11.7 Å². The van der Waals surface area contributed by atoms with Gasteiger partial charge in [0.1, 0.15) is 11.5 Å². The minimum atomic E-state index is -0.621. The molecule has 7 heteroatoms. The van der Waals surface area contributed by atoms with Crippen LogP contribution in [0.3, 0.4) is 0 Å². The quantitative estimate of drug-likeness (QED) is 0.461. The van der Waals surface area contributed by atoms with Crippen LogP contribution in [0.1, 0.15) is 46.6 Å². The summed E-state index contributed by atoms with van der Waals surface area (Å²) in [5.74, 6) is 12.2. The lowest BCUT2D eigenvalue weighted by atomic mass is 10.1. The highest BCUT2D eigenvalue weighted by Crippen LogP contribution is 2.13. The number of hydrogen-bond donors (Lipinski definition) is 3. The fraction of sp³-hybridized carbons (Fsp3) is 0.250. The summed E-state index contributed by atoms with van der Waals surface area (Å²) < 4.78 is 0. The fourth-order valence-corrected chi connectivity index (χ4v) is 3.28. The van der Waals surface area contributed by atoms with Gasteiger partial charge in [-0.05, 0) is 61.5 Å². The molecule has 0 aliphatic rings. The normalized spacial score (nSPS) is 11.1. The summed E-state index contributed by atoms with van der Waals surface area (Å²) in [6.45, 7) is 6.50. The zero-order chi connectivity index (χ0) is 25.0. The maximum Gasteiger partial charge on any atom is 0.251 e. The summed E-state index contributed by atoms with van der Waals surface area (Å²) in [4.78, 5) is 22.9. The molecule has 3 rings (SSSR count). The van der Waals surface area contributed by atoms with E-state index in [0.29, 0.717) is 34.7 Å². The topological polar surface area (TPSA) is 104 Å². The van der Waals surface area contributed by atoms with Gasteiger partial charge in [0, 0.05) is 42.2 Å². The molecule has 7 nitrogen and oxygen atoms in total. The Morgan fingerprint density at radius 1 is 1.00 bits per heavy atom. The van der Waals surface area contributed by atoms with E-state index in [2.05, 4.69) is 43.9 Å². The van der Waals surface area contributed by atoms with E-state index in [0.717, 1.165) is 18.7 Å². The molecule has 0 aliphatic heterocycles. The molecule has 2 aromatic heterocycles. The van der Waals surface area contributed by atoms with E-state index in [-0.39, 0.29) is 12.5 Å². The van der Waals surface area contributed by atoms with E-state index in [4.69, 9.17) is 5.73 Å². The Hall–Kier alpha value is -4.17. The molecule has 1 amide bonds. The minimum Gasteiger partial charge on any atom is -0.390 e. The van der Waals surface area contributed by atoms with Gasteiger partial charge in [-0.3, -0.25) is 4.79 Å². The van der Waals surface area contributed by atoms with E-state index < -0.39 is 6.10 Å². The molecule has 0 aliphatic carbocycles. The lowest BCUT2D eigenvalue weighted by molar-refractivity contribution is 0.0869. The minimum absolute atomic E-state index is 0.194. The van der Waals surface area contributed by atoms with Crippen molar-refractivity contribution in [2.75, 3.05) is 31.9 Å². The first kappa shape index (κ1) is 25.5. The maximum absolute atomic E-state index is 12.4. The number of benzene rings is 1. The van der Waals surface area contributed by atoms with E-state index in [1.54, 1.807) is 42.7 Å². The zero-order valence-electron chi connectivity index (χ0n) is 20.0. The van der Waals surface area contributed by atoms with E-state index in [1.807, 2.05) is 32.0 Å². The summed E-state index contributed by atoms with van der Waals surface area (Å²) in [5, 5.41) is 12.9. The number of nitrogens with zero attached hydrogens (tertiary/aromatic N) is 3. The summed E-state index contributed by atoms with van der Waals surface area (Å²) in [5.41, 5.74) is 9.11. The highest BCUT2D eigenvalue weighted by molar-refractivity contribution is 5.94. The van der Waals surface area contributed by atoms with Crippen LogP contribution in [0.2, 0.25) is 0 Å². The van der Waals surface area contributed by atoms with Crippen molar-refractivity contribution in [3.63, 3.8) is 0 Å². The molecule has 178 valence electrons. The standard InChI is InChI=1S/C28H29N5O2/c1-3-33(4-2)20-25(34)19-32-28(35)23-11-8-21(9-12-23)10-15-26-22(16-18-31-27(26)29)13-14-24-7-5-6-17-30-24/h5-9,11-12,16-18,25,34H,3-4,19-20H2,1-2H3,(H2,29,31)(H,32,35). The van der Waals surface area contributed by atoms with E-state index in [1.165, 1.54) is 0 Å². The second kappa shape index (κ2) is 12.9. The molecule has 1 aromatic carbocycles. The highest BCUT2D eigenvalue weighted by Gasteiger charge is 2.11. The third-order valence-corrected chi connectivity index (χ3v) is 5.31. The third kappa shape index (κ3) is 7.68. The first-order valence-electron chi connectivity index (χ1n) is 11.5. The van der Waals surface area contributed by atoms with Crippen LogP contribution < -0.4 is 11.1 Å². The molecule has 1 atom stereocenters. The Morgan fingerprint density at radius 3 is 2.46 bits per heavy atom. The van der Waals surface area contributed by atoms with Crippen LogP contribution in [-0.4, -0.2) is 58.2 Å². The molecule has 0 saturated carbocycles. The number of amides is 1. The molecule has 0 saturated heterocycles. The number of aliphatic hydroxyl groups is 1. The van der Waals surface area contributed by atoms with Crippen LogP contribution in [0.25, 0.3) is 0 Å². The van der Waals surface area contributed by atoms with Gasteiger partial charge >= 0.3 is 0 Å². The van der Waals surface area contributed by atoms with Crippen molar-refractivity contribution in [2.45, 2.75) is 20.0 Å². The second-order valence-electron chi connectivity index (χ2n) is 7.76. The number of aliphatic hydroxyl groups excluding tert-OH is 1. The number of carbonyl (C=O) groups is 1. The molecular weight excluding hydrogens is 438 g/mol. The van der Waals surface area contributed by atoms with Gasteiger partial charge in [0.25, 0.3) is 5.91 Å². The SMILES string of the molecule is CCN(CC)CC(O)CNC(=O)c1ccc(C#Cc2c(C#Cc3ccccn3)ccnc2N)cc1. The number of nitrogen functional groups attached to an aromatic ring is 1. The van der Waals surface area contributed by atoms with Crippen molar-refractivity contribution < 1.29 is 9.90 Å². The van der Waals surface area contributed by atoms with Crippen LogP contribution >= 0.6 is 0 Å². The molecule has 4 N–H and O–H groups in total. The largest absolute Gasteiger partial charge is 0.390 e. The number of rotatable bonds is 7. The van der Waals surface area contributed by atoms with Crippen LogP contribution in [0.4, 0.5) is 5.82 Å². The number of anilines is 1. The van der Waals surface area contributed by atoms with Gasteiger partial charge in [0.15, 0.2) is 0 Å². The number of pyridine rings is 2. The van der Waals surface area contributed by atoms with Crippen molar-refractivity contribution in [1.82, 2.24) is 20.2 Å². The molecule has 0 radical (unpaired) electrons. The first-order valence-corrected chi connectivity index (χ1v) is 11.5. The zero-order valence-corrected chi connectivity index (χ0v) is 20.0. The monoisotopic (exact) mass is 467 g/mol. The number of carbonyl (C=O) groups excluding carboxylic acids is 1. The first-order chi connectivity index (χ1) is 17.0. The number of aromatic nitrogens is 2. The molecule has 0 bridgehead atoms. The van der Waals surface area contributed by atoms with Gasteiger partial charge in [-0.25, -0.2) is 9.97 Å². The average molecular weight is 468 g/mol. The Kier molecular flexibility index (Phi) is 9.39. The Bertz CT molecular complexity index is 1250. The number of nitrogens with one attached hydrogen (secondary N) is 1. The lowest BCUT2D eigenvalue weighted by Gasteiger charge is -2.22. The maximum atomic E-state index is 12.4. The summed E-state index contributed by atoms with van der Waals surface area (Å²) >= 11 is 0. The van der Waals surface area contributed by atoms with Crippen LogP contribution in [0.15, 0.2) is 60.9 Å². The summed E-state index contributed by atoms with van der Waals surface area (Å²) in [7, 11) is 0. The van der Waals surface area contributed by atoms with Crippen molar-refractivity contribution in [3.05, 3.63) is 88.9 Å². The lowest BCUT2D eigenvalue weighted by Crippen LogP contribution is -2.40. The van der Waals surface area contributed by atoms with Crippen molar-refractivity contribution in [1.29, 1.82) is 0 Å². The van der Waals surface area contributed by atoms with Crippen molar-refractivity contribution in [2.24, 2.45) is 0 Å². The number of nitrogens with two attached hydrogens (primary N) is 1. The van der Waals surface area contributed by atoms with Gasteiger partial charge in [-0.2, -0.15) is 0 Å². The van der Waals surface area contributed by atoms with Gasteiger partial charge in [0.05, 0.1) is 11.7 Å². The Balaban J connectivity index is 1.67. The number of hydrogen-bond acceptors (Lipinski definition) is 6. The molecular formula is C28H29N5O2. The van der Waals surface area contributed by atoms with Gasteiger partial charge in [-0.1, -0.05) is 37.7 Å². The van der Waals surface area contributed by atoms with Gasteiger partial charge in [-0.15, -0.1) is 0 Å². The molecule has 35 heavy (non-hydrogen) atoms. The average Bonchev–Trinajstić information content (AvgIpc) is 2.89. The van der Waals surface area contributed by atoms with Gasteiger partial charge < -0.3 is 21.1 Å². The molecule has 0 spiro atoms. The molecule has 1 unspecified atom stereocenters. The molecule has 0 fully saturated rings. The van der Waals surface area contributed by atoms with E-state index in [9.17, 15) is 9.90 Å². The van der Waals surface area contributed by atoms with E-state index >= 15 is 0 Å². The second-order valence-corrected chi connectivity index (χ2v) is 7.76. The van der Waals surface area contributed by atoms with Crippen LogP contribution in [0, 0.1) is 23.7 Å². The smallest absolute Gasteiger partial charge is 0.251 e. The van der Waals surface area contributed by atoms with Crippen LogP contribution in [0.5, 0.6) is 0 Å². The van der Waals surface area contributed by atoms with Gasteiger partial charge in [0.2, 0.25) is 0 Å². The summed E-state index contributed by atoms with van der Waals surface area (Å²) in [6.07, 6.45) is 2.66. The summed E-state index contributed by atoms with van der Waals surface area (Å²) in [6, 6.07) is 14.2. The fourth-order valence-electron chi connectivity index (χ4n) is 3.28.